The molecule has 5 heteroatoms. The fourth-order valence-corrected chi connectivity index (χ4v) is 4.52. The SMILES string of the molecule is C=C[C@H]1CN2CCC1C[C@H]2[C@H](O)c1ccnc2cc(O)c(OC)cc12. The predicted octanol–water partition coefficient (Wildman–Crippen LogP) is 2.88. The Labute approximate surface area is 147 Å². The van der Waals surface area contributed by atoms with Crippen molar-refractivity contribution in [3.8, 4) is 11.5 Å². The van der Waals surface area contributed by atoms with Crippen LogP contribution in [0.25, 0.3) is 10.9 Å². The summed E-state index contributed by atoms with van der Waals surface area (Å²) in [6.45, 7) is 5.97. The number of phenolic OH excluding ortho intramolecular Hbond substituents is 1. The Morgan fingerprint density at radius 3 is 2.96 bits per heavy atom. The molecule has 5 atom stereocenters. The van der Waals surface area contributed by atoms with Crippen LogP contribution in [0.2, 0.25) is 0 Å². The molecule has 25 heavy (non-hydrogen) atoms. The van der Waals surface area contributed by atoms with Gasteiger partial charge in [-0.05, 0) is 48.9 Å². The van der Waals surface area contributed by atoms with Crippen LogP contribution >= 0.6 is 0 Å². The van der Waals surface area contributed by atoms with Gasteiger partial charge in [-0.15, -0.1) is 6.58 Å². The molecule has 0 saturated carbocycles. The molecule has 1 aromatic carbocycles. The molecule has 3 aliphatic heterocycles. The maximum Gasteiger partial charge on any atom is 0.161 e. The lowest BCUT2D eigenvalue weighted by Gasteiger charge is -2.50. The van der Waals surface area contributed by atoms with Crippen LogP contribution < -0.4 is 4.74 Å². The summed E-state index contributed by atoms with van der Waals surface area (Å²) in [5, 5.41) is 22.0. The number of aliphatic hydroxyl groups excluding tert-OH is 1. The van der Waals surface area contributed by atoms with Crippen LogP contribution in [0.3, 0.4) is 0 Å². The predicted molar refractivity (Wildman–Crippen MR) is 96.7 cm³/mol. The molecule has 132 valence electrons. The zero-order valence-corrected chi connectivity index (χ0v) is 14.4. The first-order valence-electron chi connectivity index (χ1n) is 8.82. The van der Waals surface area contributed by atoms with Gasteiger partial charge in [0.1, 0.15) is 0 Å². The van der Waals surface area contributed by atoms with Gasteiger partial charge in [-0.2, -0.15) is 0 Å². The molecular formula is C20H24N2O3. The van der Waals surface area contributed by atoms with Gasteiger partial charge in [0.2, 0.25) is 0 Å². The third-order valence-electron chi connectivity index (χ3n) is 5.91. The Balaban J connectivity index is 1.71. The van der Waals surface area contributed by atoms with Crippen molar-refractivity contribution >= 4 is 10.9 Å². The molecule has 2 unspecified atom stereocenters. The largest absolute Gasteiger partial charge is 0.504 e. The standard InChI is InChI=1S/C20H24N2O3/c1-3-12-11-22-7-5-13(12)8-17(22)20(24)14-4-6-21-16-10-18(23)19(25-2)9-15(14)16/h3-4,6,9-10,12-13,17,20,23-24H,1,5,7-8,11H2,2H3/t12-,13?,17-,20+/m0/s1. The number of aromatic hydroxyl groups is 1. The maximum absolute atomic E-state index is 11.2. The van der Waals surface area contributed by atoms with Gasteiger partial charge >= 0.3 is 0 Å². The average molecular weight is 340 g/mol. The molecule has 4 heterocycles. The molecule has 0 amide bonds. The zero-order valence-electron chi connectivity index (χ0n) is 14.4. The second-order valence-corrected chi connectivity index (χ2v) is 7.13. The highest BCUT2D eigenvalue weighted by molar-refractivity contribution is 5.86. The van der Waals surface area contributed by atoms with Gasteiger partial charge in [-0.1, -0.05) is 6.08 Å². The van der Waals surface area contributed by atoms with E-state index in [1.54, 1.807) is 18.3 Å². The minimum atomic E-state index is -0.590. The van der Waals surface area contributed by atoms with Crippen LogP contribution in [0.15, 0.2) is 37.1 Å². The number of hydrogen-bond donors (Lipinski definition) is 2. The summed E-state index contributed by atoms with van der Waals surface area (Å²) in [5.74, 6) is 1.59. The van der Waals surface area contributed by atoms with Crippen molar-refractivity contribution in [3.05, 3.63) is 42.6 Å². The van der Waals surface area contributed by atoms with E-state index in [0.29, 0.717) is 23.1 Å². The Bertz CT molecular complexity index is 807. The maximum atomic E-state index is 11.2. The number of hydrogen-bond acceptors (Lipinski definition) is 5. The van der Waals surface area contributed by atoms with Crippen LogP contribution in [-0.4, -0.2) is 46.3 Å². The summed E-state index contributed by atoms with van der Waals surface area (Å²) in [5.41, 5.74) is 1.51. The molecule has 2 bridgehead atoms. The lowest BCUT2D eigenvalue weighted by molar-refractivity contribution is -0.0444. The third-order valence-corrected chi connectivity index (χ3v) is 5.91. The van der Waals surface area contributed by atoms with Crippen LogP contribution in [0.5, 0.6) is 11.5 Å². The van der Waals surface area contributed by atoms with E-state index >= 15 is 0 Å². The first-order valence-corrected chi connectivity index (χ1v) is 8.82. The summed E-state index contributed by atoms with van der Waals surface area (Å²) in [4.78, 5) is 6.72. The number of methoxy groups -OCH3 is 1. The first-order chi connectivity index (χ1) is 12.1. The molecule has 1 aromatic heterocycles. The number of rotatable bonds is 4. The van der Waals surface area contributed by atoms with Crippen molar-refractivity contribution in [1.82, 2.24) is 9.88 Å². The molecule has 2 N–H and O–H groups in total. The van der Waals surface area contributed by atoms with Crippen LogP contribution in [0.4, 0.5) is 0 Å². The summed E-state index contributed by atoms with van der Waals surface area (Å²) in [6.07, 6.45) is 5.33. The van der Waals surface area contributed by atoms with Crippen molar-refractivity contribution in [1.29, 1.82) is 0 Å². The van der Waals surface area contributed by atoms with Gasteiger partial charge in [-0.3, -0.25) is 9.88 Å². The van der Waals surface area contributed by atoms with E-state index in [9.17, 15) is 10.2 Å². The van der Waals surface area contributed by atoms with Gasteiger partial charge in [0.15, 0.2) is 11.5 Å². The molecule has 2 aromatic rings. The molecule has 5 rings (SSSR count). The quantitative estimate of drug-likeness (QED) is 0.838. The summed E-state index contributed by atoms with van der Waals surface area (Å²) < 4.78 is 5.23. The van der Waals surface area contributed by atoms with Crippen molar-refractivity contribution in [2.75, 3.05) is 20.2 Å². The average Bonchev–Trinajstić information content (AvgIpc) is 2.66. The molecule has 0 spiro atoms. The number of piperidine rings is 3. The van der Waals surface area contributed by atoms with Crippen molar-refractivity contribution in [2.24, 2.45) is 11.8 Å². The zero-order chi connectivity index (χ0) is 17.6. The number of phenols is 1. The van der Waals surface area contributed by atoms with Crippen LogP contribution in [0, 0.1) is 11.8 Å². The highest BCUT2D eigenvalue weighted by Gasteiger charge is 2.42. The van der Waals surface area contributed by atoms with E-state index in [-0.39, 0.29) is 11.8 Å². The lowest BCUT2D eigenvalue weighted by atomic mass is 9.73. The number of benzene rings is 1. The Morgan fingerprint density at radius 1 is 1.44 bits per heavy atom. The first kappa shape index (κ1) is 16.4. The molecule has 3 saturated heterocycles. The number of pyridine rings is 1. The topological polar surface area (TPSA) is 65.8 Å². The number of aromatic nitrogens is 1. The van der Waals surface area contributed by atoms with E-state index in [1.807, 2.05) is 6.07 Å². The van der Waals surface area contributed by atoms with E-state index in [2.05, 4.69) is 22.5 Å². The minimum Gasteiger partial charge on any atom is -0.504 e. The van der Waals surface area contributed by atoms with Crippen molar-refractivity contribution in [2.45, 2.75) is 25.0 Å². The smallest absolute Gasteiger partial charge is 0.161 e. The Kier molecular flexibility index (Phi) is 4.13. The third kappa shape index (κ3) is 2.68. The Hall–Kier alpha value is -2.11. The van der Waals surface area contributed by atoms with Crippen molar-refractivity contribution in [3.63, 3.8) is 0 Å². The summed E-state index contributed by atoms with van der Waals surface area (Å²) in [7, 11) is 1.52. The van der Waals surface area contributed by atoms with E-state index in [0.717, 1.165) is 30.5 Å². The van der Waals surface area contributed by atoms with Crippen LogP contribution in [-0.2, 0) is 0 Å². The highest BCUT2D eigenvalue weighted by Crippen LogP contribution is 2.42. The van der Waals surface area contributed by atoms with Gasteiger partial charge in [0.05, 0.1) is 18.7 Å². The normalized spacial score (nSPS) is 29.5. The fourth-order valence-electron chi connectivity index (χ4n) is 4.52. The van der Waals surface area contributed by atoms with Gasteiger partial charge in [-0.25, -0.2) is 0 Å². The fraction of sp³-hybridized carbons (Fsp3) is 0.450. The van der Waals surface area contributed by atoms with Gasteiger partial charge in [0.25, 0.3) is 0 Å². The van der Waals surface area contributed by atoms with Crippen molar-refractivity contribution < 1.29 is 14.9 Å². The summed E-state index contributed by atoms with van der Waals surface area (Å²) >= 11 is 0. The minimum absolute atomic E-state index is 0.0587. The molecule has 0 aliphatic carbocycles. The molecule has 3 fully saturated rings. The molecule has 3 aliphatic rings. The second kappa shape index (κ2) is 6.32. The molecular weight excluding hydrogens is 316 g/mol. The highest BCUT2D eigenvalue weighted by atomic mass is 16.5. The Morgan fingerprint density at radius 2 is 2.28 bits per heavy atom. The van der Waals surface area contributed by atoms with Gasteiger partial charge in [0, 0.05) is 30.2 Å². The lowest BCUT2D eigenvalue weighted by Crippen LogP contribution is -2.54. The van der Waals surface area contributed by atoms with Gasteiger partial charge < -0.3 is 14.9 Å². The second-order valence-electron chi connectivity index (χ2n) is 7.13. The summed E-state index contributed by atoms with van der Waals surface area (Å²) in [6, 6.07) is 5.34. The number of ether oxygens (including phenoxy) is 1. The molecule has 5 nitrogen and oxygen atoms in total. The molecule has 0 radical (unpaired) electrons. The monoisotopic (exact) mass is 340 g/mol. The van der Waals surface area contributed by atoms with Crippen LogP contribution in [0.1, 0.15) is 24.5 Å². The van der Waals surface area contributed by atoms with E-state index in [1.165, 1.54) is 13.5 Å². The number of aliphatic hydroxyl groups is 1. The number of fused-ring (bicyclic) bond motifs is 4. The van der Waals surface area contributed by atoms with E-state index in [4.69, 9.17) is 4.74 Å². The number of nitrogens with zero attached hydrogens (tertiary/aromatic N) is 2. The van der Waals surface area contributed by atoms with E-state index < -0.39 is 6.10 Å².